The smallest absolute Gasteiger partial charge is 0.257 e. The Kier molecular flexibility index (Phi) is 3.60. The van der Waals surface area contributed by atoms with E-state index in [4.69, 9.17) is 11.5 Å². The molecule has 0 aromatic carbocycles. The largest absolute Gasteiger partial charge is 0.368 e. The van der Waals surface area contributed by atoms with Gasteiger partial charge in [0, 0.05) is 20.0 Å². The fourth-order valence-corrected chi connectivity index (χ4v) is 1.30. The lowest BCUT2D eigenvalue weighted by Crippen LogP contribution is -2.26. The average Bonchev–Trinajstić information content (AvgIpc) is 2.11. The fourth-order valence-electron chi connectivity index (χ4n) is 1.30. The second-order valence-electron chi connectivity index (χ2n) is 3.87. The Balaban J connectivity index is 3.12. The van der Waals surface area contributed by atoms with Gasteiger partial charge in [-0.25, -0.2) is 0 Å². The first-order valence-electron chi connectivity index (χ1n) is 4.93. The number of anilines is 2. The minimum Gasteiger partial charge on any atom is -0.368 e. The molecule has 0 amide bonds. The first-order chi connectivity index (χ1) is 7.40. The van der Waals surface area contributed by atoms with Gasteiger partial charge >= 0.3 is 0 Å². The molecule has 0 saturated heterocycles. The van der Waals surface area contributed by atoms with Crippen LogP contribution in [0.15, 0.2) is 4.99 Å². The summed E-state index contributed by atoms with van der Waals surface area (Å²) in [7, 11) is 3.82. The Morgan fingerprint density at radius 2 is 1.62 bits per heavy atom. The van der Waals surface area contributed by atoms with E-state index < -0.39 is 0 Å². The SMILES string of the molecule is CC(C)C(=Nc1nc(N)nc(N)n1)N(C)C. The van der Waals surface area contributed by atoms with E-state index in [1.165, 1.54) is 0 Å². The van der Waals surface area contributed by atoms with Gasteiger partial charge in [-0.2, -0.15) is 19.9 Å². The predicted molar refractivity (Wildman–Crippen MR) is 64.3 cm³/mol. The highest BCUT2D eigenvalue weighted by Gasteiger charge is 2.09. The molecular weight excluding hydrogens is 206 g/mol. The lowest BCUT2D eigenvalue weighted by molar-refractivity contribution is 0.574. The molecular formula is C9H17N7. The van der Waals surface area contributed by atoms with Gasteiger partial charge in [-0.05, 0) is 0 Å². The summed E-state index contributed by atoms with van der Waals surface area (Å²) in [6.45, 7) is 4.07. The average molecular weight is 223 g/mol. The molecule has 0 aliphatic carbocycles. The molecule has 0 spiro atoms. The van der Waals surface area contributed by atoms with Crippen molar-refractivity contribution in [2.75, 3.05) is 25.6 Å². The summed E-state index contributed by atoms with van der Waals surface area (Å²) < 4.78 is 0. The van der Waals surface area contributed by atoms with Crippen molar-refractivity contribution in [2.45, 2.75) is 13.8 Å². The molecule has 1 heterocycles. The number of aliphatic imine (C=N–C) groups is 1. The number of nitrogens with two attached hydrogens (primary N) is 2. The molecule has 0 fully saturated rings. The van der Waals surface area contributed by atoms with Crippen LogP contribution >= 0.6 is 0 Å². The Morgan fingerprint density at radius 1 is 1.12 bits per heavy atom. The summed E-state index contributed by atoms with van der Waals surface area (Å²) in [5, 5.41) is 0. The zero-order valence-electron chi connectivity index (χ0n) is 9.97. The molecule has 1 aromatic rings. The van der Waals surface area contributed by atoms with E-state index >= 15 is 0 Å². The van der Waals surface area contributed by atoms with Crippen molar-refractivity contribution < 1.29 is 0 Å². The van der Waals surface area contributed by atoms with Gasteiger partial charge in [-0.1, -0.05) is 13.8 Å². The molecule has 7 nitrogen and oxygen atoms in total. The molecule has 4 N–H and O–H groups in total. The summed E-state index contributed by atoms with van der Waals surface area (Å²) in [6.07, 6.45) is 0. The summed E-state index contributed by atoms with van der Waals surface area (Å²) >= 11 is 0. The van der Waals surface area contributed by atoms with Gasteiger partial charge in [0.25, 0.3) is 5.95 Å². The normalized spacial score (nSPS) is 11.9. The summed E-state index contributed by atoms with van der Waals surface area (Å²) in [5.74, 6) is 1.50. The second-order valence-corrected chi connectivity index (χ2v) is 3.87. The standard InChI is InChI=1S/C9H17N7/c1-5(2)6(16(3)4)12-9-14-7(10)13-8(11)15-9/h5H,1-4H3,(H4,10,11,13,14,15). The quantitative estimate of drug-likeness (QED) is 0.551. The van der Waals surface area contributed by atoms with E-state index in [9.17, 15) is 0 Å². The molecule has 0 bridgehead atoms. The van der Waals surface area contributed by atoms with Gasteiger partial charge in [-0.3, -0.25) is 0 Å². The Hall–Kier alpha value is -1.92. The molecule has 0 aliphatic rings. The van der Waals surface area contributed by atoms with Crippen LogP contribution in [0.3, 0.4) is 0 Å². The number of amidine groups is 1. The maximum absolute atomic E-state index is 5.46. The van der Waals surface area contributed by atoms with E-state index in [1.807, 2.05) is 32.8 Å². The van der Waals surface area contributed by atoms with Crippen LogP contribution in [-0.2, 0) is 0 Å². The van der Waals surface area contributed by atoms with Gasteiger partial charge in [0.1, 0.15) is 5.84 Å². The van der Waals surface area contributed by atoms with Gasteiger partial charge in [0.15, 0.2) is 0 Å². The molecule has 88 valence electrons. The van der Waals surface area contributed by atoms with Crippen molar-refractivity contribution in [1.29, 1.82) is 0 Å². The highest BCUT2D eigenvalue weighted by atomic mass is 15.2. The first kappa shape index (κ1) is 12.2. The van der Waals surface area contributed by atoms with Crippen molar-refractivity contribution >= 4 is 23.7 Å². The number of nitrogens with zero attached hydrogens (tertiary/aromatic N) is 5. The zero-order valence-corrected chi connectivity index (χ0v) is 9.97. The van der Waals surface area contributed by atoms with E-state index in [-0.39, 0.29) is 23.8 Å². The molecule has 0 saturated carbocycles. The first-order valence-corrected chi connectivity index (χ1v) is 4.93. The summed E-state index contributed by atoms with van der Waals surface area (Å²) in [4.78, 5) is 17.7. The molecule has 7 heteroatoms. The molecule has 0 aliphatic heterocycles. The van der Waals surface area contributed by atoms with Crippen LogP contribution in [0.1, 0.15) is 13.8 Å². The molecule has 1 aromatic heterocycles. The third kappa shape index (κ3) is 3.04. The third-order valence-corrected chi connectivity index (χ3v) is 1.85. The van der Waals surface area contributed by atoms with Crippen molar-refractivity contribution in [3.8, 4) is 0 Å². The number of nitrogen functional groups attached to an aromatic ring is 2. The minimum absolute atomic E-state index is 0.0770. The Labute approximate surface area is 94.6 Å². The lowest BCUT2D eigenvalue weighted by atomic mass is 10.2. The van der Waals surface area contributed by atoms with E-state index in [2.05, 4.69) is 19.9 Å². The zero-order chi connectivity index (χ0) is 12.3. The number of aromatic nitrogens is 3. The monoisotopic (exact) mass is 223 g/mol. The van der Waals surface area contributed by atoms with Gasteiger partial charge < -0.3 is 16.4 Å². The lowest BCUT2D eigenvalue weighted by Gasteiger charge is -2.18. The van der Waals surface area contributed by atoms with E-state index in [0.717, 1.165) is 5.84 Å². The Morgan fingerprint density at radius 3 is 2.00 bits per heavy atom. The fraction of sp³-hybridized carbons (Fsp3) is 0.556. The predicted octanol–water partition coefficient (Wildman–Crippen LogP) is 0.284. The molecule has 0 unspecified atom stereocenters. The van der Waals surface area contributed by atoms with Crippen LogP contribution in [0, 0.1) is 5.92 Å². The van der Waals surface area contributed by atoms with Crippen molar-refractivity contribution in [1.82, 2.24) is 19.9 Å². The minimum atomic E-state index is 0.0770. The van der Waals surface area contributed by atoms with Gasteiger partial charge in [0.05, 0.1) is 0 Å². The van der Waals surface area contributed by atoms with Gasteiger partial charge in [0.2, 0.25) is 11.9 Å². The van der Waals surface area contributed by atoms with Crippen molar-refractivity contribution in [3.63, 3.8) is 0 Å². The van der Waals surface area contributed by atoms with Crippen molar-refractivity contribution in [3.05, 3.63) is 0 Å². The van der Waals surface area contributed by atoms with Crippen LogP contribution in [0.4, 0.5) is 17.8 Å². The maximum Gasteiger partial charge on any atom is 0.257 e. The maximum atomic E-state index is 5.46. The Bertz CT molecular complexity index is 367. The van der Waals surface area contributed by atoms with Crippen LogP contribution in [0.2, 0.25) is 0 Å². The van der Waals surface area contributed by atoms with E-state index in [1.54, 1.807) is 0 Å². The van der Waals surface area contributed by atoms with Gasteiger partial charge in [-0.15, -0.1) is 0 Å². The second kappa shape index (κ2) is 4.73. The summed E-state index contributed by atoms with van der Waals surface area (Å²) in [6, 6.07) is 0. The summed E-state index contributed by atoms with van der Waals surface area (Å²) in [5.41, 5.74) is 10.9. The molecule has 16 heavy (non-hydrogen) atoms. The molecule has 1 rings (SSSR count). The highest BCUT2D eigenvalue weighted by molar-refractivity contribution is 5.85. The van der Waals surface area contributed by atoms with Crippen LogP contribution in [-0.4, -0.2) is 39.8 Å². The molecule has 0 radical (unpaired) electrons. The molecule has 0 atom stereocenters. The number of rotatable bonds is 2. The highest BCUT2D eigenvalue weighted by Crippen LogP contribution is 2.11. The number of hydrogen-bond donors (Lipinski definition) is 2. The van der Waals surface area contributed by atoms with E-state index in [0.29, 0.717) is 0 Å². The third-order valence-electron chi connectivity index (χ3n) is 1.85. The van der Waals surface area contributed by atoms with Crippen LogP contribution < -0.4 is 11.5 Å². The topological polar surface area (TPSA) is 106 Å². The van der Waals surface area contributed by atoms with Crippen molar-refractivity contribution in [2.24, 2.45) is 10.9 Å². The van der Waals surface area contributed by atoms with Crippen LogP contribution in [0.5, 0.6) is 0 Å². The number of hydrogen-bond acceptors (Lipinski definition) is 6. The van der Waals surface area contributed by atoms with Crippen LogP contribution in [0.25, 0.3) is 0 Å².